The van der Waals surface area contributed by atoms with Gasteiger partial charge >= 0.3 is 7.25 Å². The summed E-state index contributed by atoms with van der Waals surface area (Å²) in [6.45, 7) is 0.692. The minimum atomic E-state index is -6.00. The average Bonchev–Trinajstić information content (AvgIpc) is 2.34. The molecule has 0 aromatic carbocycles. The van der Waals surface area contributed by atoms with Gasteiger partial charge in [-0.2, -0.15) is 0 Å². The average molecular weight is 213 g/mol. The molecule has 1 atom stereocenters. The third kappa shape index (κ3) is 7.75. The molecule has 0 fully saturated rings. The first-order chi connectivity index (χ1) is 6.34. The number of hydrogen-bond donors (Lipinski definition) is 2. The fourth-order valence-corrected chi connectivity index (χ4v) is 0.835. The van der Waals surface area contributed by atoms with Gasteiger partial charge in [-0.3, -0.25) is 4.90 Å². The molecule has 3 nitrogen and oxygen atoms in total. The van der Waals surface area contributed by atoms with E-state index in [1.54, 1.807) is 0 Å². The largest absolute Gasteiger partial charge is 0.673 e. The fraction of sp³-hybridized carbons (Fsp3) is 0.500. The van der Waals surface area contributed by atoms with E-state index >= 15 is 0 Å². The highest BCUT2D eigenvalue weighted by molar-refractivity contribution is 6.50. The Balaban J connectivity index is 0.000000292. The number of hydrogen-bond acceptors (Lipinski definition) is 2. The maximum atomic E-state index is 9.75. The summed E-state index contributed by atoms with van der Waals surface area (Å²) in [6, 6.07) is 0. The van der Waals surface area contributed by atoms with Gasteiger partial charge in [-0.15, -0.1) is 0 Å². The highest BCUT2D eigenvalue weighted by Crippen LogP contribution is 2.06. The second-order valence-corrected chi connectivity index (χ2v) is 2.61. The summed E-state index contributed by atoms with van der Waals surface area (Å²) in [5.41, 5.74) is 5.35. The summed E-state index contributed by atoms with van der Waals surface area (Å²) in [5.74, 6) is 1.14. The van der Waals surface area contributed by atoms with E-state index in [9.17, 15) is 17.3 Å². The molecule has 1 rings (SSSR count). The Morgan fingerprint density at radius 1 is 1.43 bits per heavy atom. The second kappa shape index (κ2) is 5.76. The molecule has 0 aliphatic carbocycles. The number of halogens is 4. The summed E-state index contributed by atoms with van der Waals surface area (Å²) in [6.07, 6.45) is 4.73. The van der Waals surface area contributed by atoms with E-state index in [0.717, 1.165) is 12.3 Å². The lowest BCUT2D eigenvalue weighted by Crippen LogP contribution is -3.06. The van der Waals surface area contributed by atoms with Crippen LogP contribution in [0.15, 0.2) is 17.4 Å². The zero-order valence-electron chi connectivity index (χ0n) is 7.68. The molecule has 14 heavy (non-hydrogen) atoms. The van der Waals surface area contributed by atoms with Crippen molar-refractivity contribution in [1.82, 2.24) is 0 Å². The molecule has 0 radical (unpaired) electrons. The van der Waals surface area contributed by atoms with E-state index in [0.29, 0.717) is 6.54 Å². The molecule has 1 aliphatic rings. The van der Waals surface area contributed by atoms with Crippen LogP contribution in [-0.2, 0) is 0 Å². The number of rotatable bonds is 2. The van der Waals surface area contributed by atoms with Gasteiger partial charge in [0.15, 0.2) is 0 Å². The van der Waals surface area contributed by atoms with Crippen LogP contribution < -0.4 is 10.6 Å². The lowest BCUT2D eigenvalue weighted by molar-refractivity contribution is -0.719. The molecular formula is C6H12BF4N3. The second-order valence-electron chi connectivity index (χ2n) is 2.61. The molecule has 82 valence electrons. The van der Waals surface area contributed by atoms with Gasteiger partial charge in [0.1, 0.15) is 6.20 Å². The van der Waals surface area contributed by atoms with Gasteiger partial charge in [-0.25, -0.2) is 4.99 Å². The monoisotopic (exact) mass is 213 g/mol. The Bertz CT molecular complexity index is 220. The van der Waals surface area contributed by atoms with Crippen LogP contribution in [0.4, 0.5) is 17.3 Å². The first-order valence-electron chi connectivity index (χ1n) is 3.99. The number of quaternary nitrogens is 1. The molecule has 1 aliphatic heterocycles. The van der Waals surface area contributed by atoms with Crippen molar-refractivity contribution in [3.05, 3.63) is 12.4 Å². The smallest absolute Gasteiger partial charge is 0.418 e. The van der Waals surface area contributed by atoms with Crippen LogP contribution in [0.2, 0.25) is 0 Å². The molecular weight excluding hydrogens is 201 g/mol. The molecule has 8 heteroatoms. The fourth-order valence-electron chi connectivity index (χ4n) is 0.835. The van der Waals surface area contributed by atoms with Crippen molar-refractivity contribution < 1.29 is 22.2 Å². The lowest BCUT2D eigenvalue weighted by Gasteiger charge is -2.02. The quantitative estimate of drug-likeness (QED) is 0.493. The van der Waals surface area contributed by atoms with Crippen molar-refractivity contribution in [1.29, 1.82) is 0 Å². The van der Waals surface area contributed by atoms with E-state index < -0.39 is 7.25 Å². The number of nitrogens with two attached hydrogens (primary N) is 1. The highest BCUT2D eigenvalue weighted by atomic mass is 19.5. The van der Waals surface area contributed by atoms with E-state index in [-0.39, 0.29) is 0 Å². The molecule has 1 unspecified atom stereocenters. The number of aliphatic imine (C=N–C) groups is 1. The zero-order chi connectivity index (χ0) is 11.2. The van der Waals surface area contributed by atoms with E-state index in [1.807, 2.05) is 12.4 Å². The number of amidine groups is 1. The molecule has 0 saturated carbocycles. The first kappa shape index (κ1) is 13.1. The normalized spacial score (nSPS) is 20.1. The zero-order valence-corrected chi connectivity index (χ0v) is 7.68. The van der Waals surface area contributed by atoms with Crippen LogP contribution in [0.25, 0.3) is 0 Å². The van der Waals surface area contributed by atoms with Gasteiger partial charge < -0.3 is 23.0 Å². The van der Waals surface area contributed by atoms with Crippen LogP contribution in [0.1, 0.15) is 6.42 Å². The van der Waals surface area contributed by atoms with Gasteiger partial charge in [0, 0.05) is 6.54 Å². The number of nitrogens with one attached hydrogen (secondary N) is 1. The Morgan fingerprint density at radius 2 is 1.93 bits per heavy atom. The van der Waals surface area contributed by atoms with Crippen LogP contribution in [0.5, 0.6) is 0 Å². The SMILES string of the molecule is C[NH+]1C=CN=C1CCN.F[B-](F)(F)F. The molecule has 0 aromatic heterocycles. The summed E-state index contributed by atoms with van der Waals surface area (Å²) in [5, 5.41) is 0. The minimum absolute atomic E-state index is 0.692. The van der Waals surface area contributed by atoms with Crippen molar-refractivity contribution in [3.8, 4) is 0 Å². The van der Waals surface area contributed by atoms with Crippen LogP contribution in [0, 0.1) is 0 Å². The van der Waals surface area contributed by atoms with E-state index in [2.05, 4.69) is 12.0 Å². The molecule has 0 aromatic rings. The summed E-state index contributed by atoms with van der Waals surface area (Å²) >= 11 is 0. The van der Waals surface area contributed by atoms with Gasteiger partial charge in [0.25, 0.3) is 0 Å². The van der Waals surface area contributed by atoms with Crippen LogP contribution in [0.3, 0.4) is 0 Å². The minimum Gasteiger partial charge on any atom is -0.418 e. The van der Waals surface area contributed by atoms with Gasteiger partial charge in [0.2, 0.25) is 5.84 Å². The van der Waals surface area contributed by atoms with Gasteiger partial charge in [-0.05, 0) is 0 Å². The predicted molar refractivity (Wildman–Crippen MR) is 47.3 cm³/mol. The predicted octanol–water partition coefficient (Wildman–Crippen LogP) is 0.0332. The molecule has 1 heterocycles. The third-order valence-electron chi connectivity index (χ3n) is 1.39. The van der Waals surface area contributed by atoms with Gasteiger partial charge in [0.05, 0.1) is 19.7 Å². The van der Waals surface area contributed by atoms with Crippen molar-refractivity contribution in [2.45, 2.75) is 6.42 Å². The maximum absolute atomic E-state index is 9.75. The first-order valence-corrected chi connectivity index (χ1v) is 3.99. The van der Waals surface area contributed by atoms with Crippen molar-refractivity contribution in [2.75, 3.05) is 13.6 Å². The Kier molecular flexibility index (Phi) is 5.40. The van der Waals surface area contributed by atoms with Crippen molar-refractivity contribution in [3.63, 3.8) is 0 Å². The maximum Gasteiger partial charge on any atom is 0.673 e. The van der Waals surface area contributed by atoms with Gasteiger partial charge in [-0.1, -0.05) is 0 Å². The standard InChI is InChI=1S/C6H11N3.BF4/c1-9-5-4-8-6(9)2-3-7;2-1(3,4)5/h4-5H,2-3,7H2,1H3;/q;-1/p+1. The lowest BCUT2D eigenvalue weighted by atomic mass is 10.3. The molecule has 3 N–H and O–H groups in total. The Labute approximate surface area is 79.4 Å². The van der Waals surface area contributed by atoms with Crippen LogP contribution >= 0.6 is 0 Å². The van der Waals surface area contributed by atoms with E-state index in [1.165, 1.54) is 4.90 Å². The molecule has 0 spiro atoms. The molecule has 0 bridgehead atoms. The Morgan fingerprint density at radius 3 is 2.21 bits per heavy atom. The summed E-state index contributed by atoms with van der Waals surface area (Å²) in [4.78, 5) is 5.38. The molecule has 0 saturated heterocycles. The van der Waals surface area contributed by atoms with E-state index in [4.69, 9.17) is 5.73 Å². The van der Waals surface area contributed by atoms with Crippen LogP contribution in [-0.4, -0.2) is 26.7 Å². The number of nitrogens with zero attached hydrogens (tertiary/aromatic N) is 1. The highest BCUT2D eigenvalue weighted by Gasteiger charge is 2.20. The Hall–Kier alpha value is -0.885. The van der Waals surface area contributed by atoms with Crippen molar-refractivity contribution in [2.24, 2.45) is 10.7 Å². The topological polar surface area (TPSA) is 42.8 Å². The van der Waals surface area contributed by atoms with Crippen molar-refractivity contribution >= 4 is 13.1 Å². The summed E-state index contributed by atoms with van der Waals surface area (Å²) in [7, 11) is -3.95. The summed E-state index contributed by atoms with van der Waals surface area (Å²) < 4.78 is 39.0. The molecule has 0 amide bonds. The third-order valence-corrected chi connectivity index (χ3v) is 1.39.